The minimum Gasteiger partial charge on any atom is -0.398 e. The Kier molecular flexibility index (Phi) is 4.57. The fraction of sp³-hybridized carbons (Fsp3) is 0.538. The summed E-state index contributed by atoms with van der Waals surface area (Å²) < 4.78 is 24.7. The lowest BCUT2D eigenvalue weighted by Gasteiger charge is -2.16. The van der Waals surface area contributed by atoms with Gasteiger partial charge in [-0.15, -0.1) is 0 Å². The molecule has 1 atom stereocenters. The molecule has 0 aromatic heterocycles. The number of anilines is 1. The monoisotopic (exact) mass is 255 g/mol. The van der Waals surface area contributed by atoms with Crippen LogP contribution in [0, 0.1) is 0 Å². The number of sulfone groups is 1. The summed E-state index contributed by atoms with van der Waals surface area (Å²) in [5.41, 5.74) is 7.23. The highest BCUT2D eigenvalue weighted by Crippen LogP contribution is 2.27. The van der Waals surface area contributed by atoms with Crippen molar-refractivity contribution in [2.45, 2.75) is 50.2 Å². The van der Waals surface area contributed by atoms with Crippen LogP contribution in [0.2, 0.25) is 0 Å². The largest absolute Gasteiger partial charge is 0.398 e. The van der Waals surface area contributed by atoms with Gasteiger partial charge in [0.05, 0.1) is 10.1 Å². The van der Waals surface area contributed by atoms with Gasteiger partial charge in [-0.25, -0.2) is 8.42 Å². The molecule has 4 heteroatoms. The van der Waals surface area contributed by atoms with Crippen molar-refractivity contribution in [2.75, 3.05) is 5.73 Å². The summed E-state index contributed by atoms with van der Waals surface area (Å²) in [5.74, 6) is 0. The number of rotatable bonds is 5. The molecule has 0 aliphatic carbocycles. The van der Waals surface area contributed by atoms with Crippen molar-refractivity contribution in [3.63, 3.8) is 0 Å². The predicted molar refractivity (Wildman–Crippen MR) is 71.8 cm³/mol. The van der Waals surface area contributed by atoms with Crippen LogP contribution in [0.5, 0.6) is 0 Å². The van der Waals surface area contributed by atoms with Crippen LogP contribution in [-0.4, -0.2) is 13.7 Å². The quantitative estimate of drug-likeness (QED) is 0.823. The lowest BCUT2D eigenvalue weighted by atomic mass is 10.1. The average Bonchev–Trinajstić information content (AvgIpc) is 2.30. The zero-order valence-corrected chi connectivity index (χ0v) is 11.5. The van der Waals surface area contributed by atoms with E-state index in [0.29, 0.717) is 23.4 Å². The van der Waals surface area contributed by atoms with Crippen molar-refractivity contribution in [1.29, 1.82) is 0 Å². The van der Waals surface area contributed by atoms with Crippen LogP contribution in [0.3, 0.4) is 0 Å². The molecule has 1 aromatic rings. The number of benzene rings is 1. The van der Waals surface area contributed by atoms with Crippen LogP contribution in [0.1, 0.15) is 39.2 Å². The van der Waals surface area contributed by atoms with E-state index in [-0.39, 0.29) is 5.25 Å². The molecule has 1 unspecified atom stereocenters. The standard InChI is InChI=1S/C13H21NO2S/c1-4-7-11-12(14)8-6-9-13(11)17(15,16)10(3)5-2/h6,8-10H,4-5,7,14H2,1-3H3. The summed E-state index contributed by atoms with van der Waals surface area (Å²) in [7, 11) is -3.24. The minimum absolute atomic E-state index is 0.361. The van der Waals surface area contributed by atoms with E-state index in [0.717, 1.165) is 12.0 Å². The third kappa shape index (κ3) is 2.80. The highest BCUT2D eigenvalue weighted by Gasteiger charge is 2.25. The molecule has 0 saturated heterocycles. The Bertz CT molecular complexity index is 480. The Labute approximate surface area is 104 Å². The Balaban J connectivity index is 3.36. The molecule has 0 spiro atoms. The topological polar surface area (TPSA) is 60.2 Å². The fourth-order valence-corrected chi connectivity index (χ4v) is 3.51. The van der Waals surface area contributed by atoms with Gasteiger partial charge in [-0.05, 0) is 37.5 Å². The summed E-state index contributed by atoms with van der Waals surface area (Å²) in [6.45, 7) is 5.65. The zero-order valence-electron chi connectivity index (χ0n) is 10.7. The molecule has 0 radical (unpaired) electrons. The summed E-state index contributed by atoms with van der Waals surface area (Å²) in [4.78, 5) is 0.411. The van der Waals surface area contributed by atoms with E-state index >= 15 is 0 Å². The average molecular weight is 255 g/mol. The van der Waals surface area contributed by atoms with Crippen molar-refractivity contribution < 1.29 is 8.42 Å². The lowest BCUT2D eigenvalue weighted by Crippen LogP contribution is -2.19. The molecule has 0 bridgehead atoms. The van der Waals surface area contributed by atoms with Crippen LogP contribution < -0.4 is 5.73 Å². The molecule has 0 amide bonds. The third-order valence-electron chi connectivity index (χ3n) is 3.08. The first-order valence-corrected chi connectivity index (χ1v) is 7.61. The van der Waals surface area contributed by atoms with Crippen LogP contribution >= 0.6 is 0 Å². The summed E-state index contributed by atoms with van der Waals surface area (Å²) >= 11 is 0. The van der Waals surface area contributed by atoms with Gasteiger partial charge >= 0.3 is 0 Å². The molecule has 2 N–H and O–H groups in total. The minimum atomic E-state index is -3.24. The van der Waals surface area contributed by atoms with Crippen molar-refractivity contribution >= 4 is 15.5 Å². The van der Waals surface area contributed by atoms with Crippen LogP contribution in [0.15, 0.2) is 23.1 Å². The Morgan fingerprint density at radius 2 is 1.94 bits per heavy atom. The lowest BCUT2D eigenvalue weighted by molar-refractivity contribution is 0.579. The SMILES string of the molecule is CCCc1c(N)cccc1S(=O)(=O)C(C)CC. The van der Waals surface area contributed by atoms with E-state index in [4.69, 9.17) is 5.73 Å². The van der Waals surface area contributed by atoms with Crippen molar-refractivity contribution in [2.24, 2.45) is 0 Å². The second-order valence-electron chi connectivity index (χ2n) is 4.34. The van der Waals surface area contributed by atoms with Gasteiger partial charge in [-0.1, -0.05) is 26.3 Å². The summed E-state index contributed by atoms with van der Waals surface area (Å²) in [5, 5.41) is -0.361. The van der Waals surface area contributed by atoms with Gasteiger partial charge in [0.2, 0.25) is 0 Å². The van der Waals surface area contributed by atoms with Gasteiger partial charge in [0, 0.05) is 5.69 Å². The second-order valence-corrected chi connectivity index (χ2v) is 6.67. The molecule has 1 aromatic carbocycles. The number of hydrogen-bond acceptors (Lipinski definition) is 3. The van der Waals surface area contributed by atoms with E-state index in [2.05, 4.69) is 0 Å². The molecule has 0 aliphatic rings. The molecule has 0 heterocycles. The zero-order chi connectivity index (χ0) is 13.1. The number of hydrogen-bond donors (Lipinski definition) is 1. The first-order valence-electron chi connectivity index (χ1n) is 6.06. The van der Waals surface area contributed by atoms with E-state index in [9.17, 15) is 8.42 Å². The molecule has 96 valence electrons. The van der Waals surface area contributed by atoms with Gasteiger partial charge in [-0.3, -0.25) is 0 Å². The highest BCUT2D eigenvalue weighted by molar-refractivity contribution is 7.92. The Morgan fingerprint density at radius 3 is 2.47 bits per heavy atom. The van der Waals surface area contributed by atoms with Crippen molar-refractivity contribution in [3.05, 3.63) is 23.8 Å². The van der Waals surface area contributed by atoms with Gasteiger partial charge in [0.15, 0.2) is 9.84 Å². The number of nitrogens with two attached hydrogens (primary N) is 1. The Hall–Kier alpha value is -1.03. The molecule has 3 nitrogen and oxygen atoms in total. The molecule has 1 rings (SSSR count). The summed E-state index contributed by atoms with van der Waals surface area (Å²) in [6, 6.07) is 5.15. The van der Waals surface area contributed by atoms with Gasteiger partial charge in [-0.2, -0.15) is 0 Å². The second kappa shape index (κ2) is 5.54. The maximum Gasteiger partial charge on any atom is 0.181 e. The maximum atomic E-state index is 12.4. The van der Waals surface area contributed by atoms with Crippen LogP contribution in [0.4, 0.5) is 5.69 Å². The van der Waals surface area contributed by atoms with Gasteiger partial charge in [0.1, 0.15) is 0 Å². The normalized spacial score (nSPS) is 13.6. The fourth-order valence-electron chi connectivity index (χ4n) is 1.80. The maximum absolute atomic E-state index is 12.4. The van der Waals surface area contributed by atoms with E-state index in [1.165, 1.54) is 0 Å². The first-order chi connectivity index (χ1) is 7.95. The smallest absolute Gasteiger partial charge is 0.181 e. The highest BCUT2D eigenvalue weighted by atomic mass is 32.2. The molecule has 0 aliphatic heterocycles. The van der Waals surface area contributed by atoms with Crippen LogP contribution in [-0.2, 0) is 16.3 Å². The van der Waals surface area contributed by atoms with E-state index in [1.807, 2.05) is 13.8 Å². The van der Waals surface area contributed by atoms with Crippen molar-refractivity contribution in [1.82, 2.24) is 0 Å². The predicted octanol–water partition coefficient (Wildman–Crippen LogP) is 2.79. The molecular weight excluding hydrogens is 234 g/mol. The summed E-state index contributed by atoms with van der Waals surface area (Å²) in [6.07, 6.45) is 2.21. The number of nitrogen functional groups attached to an aromatic ring is 1. The molecule has 0 saturated carbocycles. The van der Waals surface area contributed by atoms with Crippen molar-refractivity contribution in [3.8, 4) is 0 Å². The molecule has 0 fully saturated rings. The third-order valence-corrected chi connectivity index (χ3v) is 5.47. The van der Waals surface area contributed by atoms with Gasteiger partial charge in [0.25, 0.3) is 0 Å². The first kappa shape index (κ1) is 14.0. The van der Waals surface area contributed by atoms with E-state index in [1.54, 1.807) is 25.1 Å². The van der Waals surface area contributed by atoms with Gasteiger partial charge < -0.3 is 5.73 Å². The molecule has 17 heavy (non-hydrogen) atoms. The van der Waals surface area contributed by atoms with E-state index < -0.39 is 9.84 Å². The molecular formula is C13H21NO2S. The Morgan fingerprint density at radius 1 is 1.29 bits per heavy atom. The van der Waals surface area contributed by atoms with Crippen LogP contribution in [0.25, 0.3) is 0 Å².